The van der Waals surface area contributed by atoms with Crippen molar-refractivity contribution in [2.75, 3.05) is 16.5 Å². The summed E-state index contributed by atoms with van der Waals surface area (Å²) >= 11 is 0. The van der Waals surface area contributed by atoms with E-state index in [1.165, 1.54) is 57.6 Å². The minimum atomic E-state index is -0.303. The number of para-hydroxylation sites is 3. The molecule has 11 aromatic rings. The number of benzene rings is 9. The highest BCUT2D eigenvalue weighted by molar-refractivity contribution is 6.09. The largest absolute Gasteiger partial charge is 0.457 e. The maximum atomic E-state index is 14.8. The van der Waals surface area contributed by atoms with E-state index in [0.29, 0.717) is 18.2 Å². The van der Waals surface area contributed by atoms with Crippen LogP contribution in [-0.4, -0.2) is 16.2 Å². The molecule has 0 saturated heterocycles. The van der Waals surface area contributed by atoms with E-state index in [1.54, 1.807) is 0 Å². The van der Waals surface area contributed by atoms with Crippen LogP contribution < -0.4 is 14.5 Å². The summed E-state index contributed by atoms with van der Waals surface area (Å²) in [6.07, 6.45) is 1.92. The van der Waals surface area contributed by atoms with Crippen molar-refractivity contribution in [1.82, 2.24) is 9.55 Å². The Morgan fingerprint density at radius 2 is 1.02 bits per heavy atom. The lowest BCUT2D eigenvalue weighted by atomic mass is 9.82. The predicted molar refractivity (Wildman–Crippen MR) is 334 cm³/mol. The number of rotatable bonds is 11. The zero-order valence-corrected chi connectivity index (χ0v) is 47.9. The molecule has 0 aliphatic carbocycles. The number of hydrogen-bond donors (Lipinski definition) is 0. The first-order chi connectivity index (χ1) is 38.9. The molecule has 0 fully saturated rings. The summed E-state index contributed by atoms with van der Waals surface area (Å²) in [7, 11) is 0. The van der Waals surface area contributed by atoms with E-state index in [2.05, 4.69) is 235 Å². The Kier molecular flexibility index (Phi) is 13.5. The molecule has 7 heteroatoms. The second-order valence-corrected chi connectivity index (χ2v) is 24.4. The summed E-state index contributed by atoms with van der Waals surface area (Å²) in [5.74, 6) is 2.02. The van der Waals surface area contributed by atoms with Gasteiger partial charge < -0.3 is 14.5 Å². The summed E-state index contributed by atoms with van der Waals surface area (Å²) in [5.41, 5.74) is 18.8. The molecule has 0 atom stereocenters. The van der Waals surface area contributed by atoms with Gasteiger partial charge in [-0.05, 0) is 169 Å². The molecule has 1 aliphatic rings. The van der Waals surface area contributed by atoms with Crippen molar-refractivity contribution in [2.24, 2.45) is 0 Å². The van der Waals surface area contributed by atoms with Gasteiger partial charge in [0.15, 0.2) is 0 Å². The minimum Gasteiger partial charge on any atom is -0.457 e. The first kappa shape index (κ1) is 52.9. The molecule has 0 saturated carbocycles. The van der Waals surface area contributed by atoms with E-state index in [-0.39, 0.29) is 34.3 Å². The second-order valence-electron chi connectivity index (χ2n) is 24.4. The lowest BCUT2D eigenvalue weighted by Gasteiger charge is -2.30. The molecule has 404 valence electrons. The summed E-state index contributed by atoms with van der Waals surface area (Å²) in [6.45, 7) is 22.9. The van der Waals surface area contributed by atoms with E-state index < -0.39 is 0 Å². The Balaban J connectivity index is 1.07. The molecule has 0 radical (unpaired) electrons. The molecule has 5 nitrogen and oxygen atoms in total. The zero-order chi connectivity index (χ0) is 56.5. The Bertz CT molecular complexity index is 4070. The summed E-state index contributed by atoms with van der Waals surface area (Å²) in [5, 5.41) is 2.25. The molecule has 0 N–H and O–H groups in total. The van der Waals surface area contributed by atoms with Crippen molar-refractivity contribution in [3.05, 3.63) is 240 Å². The minimum absolute atomic E-state index is 0.0697. The van der Waals surface area contributed by atoms with Crippen LogP contribution in [0.4, 0.5) is 31.5 Å². The molecule has 0 bridgehead atoms. The SMILES string of the molecule is CC(C)c1cc(-c2ccccc2)cc(C(C)C)c1-c1cc(Oc2ccc3c4ccccc4n(-c4cc(C(C)(C)C)ccn4)c3c2)cc(N2CN(c3c(-c4ccc(F)cc4)cc(C(C)(C)C)cc3-c3ccc(F)cc3)c3ccccc32)c1. The maximum Gasteiger partial charge on any atom is 0.137 e. The Hall–Kier alpha value is -8.81. The van der Waals surface area contributed by atoms with Crippen LogP contribution in [0.1, 0.15) is 103 Å². The van der Waals surface area contributed by atoms with Crippen molar-refractivity contribution in [1.29, 1.82) is 0 Å². The normalized spacial score (nSPS) is 12.8. The number of fused-ring (bicyclic) bond motifs is 4. The van der Waals surface area contributed by atoms with E-state index in [4.69, 9.17) is 9.72 Å². The van der Waals surface area contributed by atoms with Crippen molar-refractivity contribution in [2.45, 2.75) is 91.9 Å². The Morgan fingerprint density at radius 3 is 1.63 bits per heavy atom. The quantitative estimate of drug-likeness (QED) is 0.129. The summed E-state index contributed by atoms with van der Waals surface area (Å²) in [4.78, 5) is 9.73. The zero-order valence-electron chi connectivity index (χ0n) is 47.9. The van der Waals surface area contributed by atoms with Crippen LogP contribution in [0.2, 0.25) is 0 Å². The van der Waals surface area contributed by atoms with Gasteiger partial charge in [-0.25, -0.2) is 13.8 Å². The highest BCUT2D eigenvalue weighted by Gasteiger charge is 2.34. The average molecular weight is 1070 g/mol. The lowest BCUT2D eigenvalue weighted by Crippen LogP contribution is -2.25. The number of aromatic nitrogens is 2. The topological polar surface area (TPSA) is 33.5 Å². The fraction of sp³-hybridized carbons (Fsp3) is 0.203. The van der Waals surface area contributed by atoms with Gasteiger partial charge in [0.25, 0.3) is 0 Å². The maximum absolute atomic E-state index is 14.8. The lowest BCUT2D eigenvalue weighted by molar-refractivity contribution is 0.483. The van der Waals surface area contributed by atoms with Gasteiger partial charge in [-0.1, -0.05) is 166 Å². The monoisotopic (exact) mass is 1070 g/mol. The Morgan fingerprint density at radius 1 is 0.457 bits per heavy atom. The van der Waals surface area contributed by atoms with Gasteiger partial charge in [-0.2, -0.15) is 0 Å². The number of anilines is 4. The first-order valence-corrected chi connectivity index (χ1v) is 28.3. The second kappa shape index (κ2) is 20.7. The smallest absolute Gasteiger partial charge is 0.137 e. The molecule has 1 aliphatic heterocycles. The van der Waals surface area contributed by atoms with Gasteiger partial charge in [0, 0.05) is 45.9 Å². The molecule has 2 aromatic heterocycles. The van der Waals surface area contributed by atoms with Gasteiger partial charge in [-0.15, -0.1) is 0 Å². The number of ether oxygens (including phenoxy) is 1. The Labute approximate surface area is 475 Å². The molecule has 3 heterocycles. The third-order valence-corrected chi connectivity index (χ3v) is 16.1. The van der Waals surface area contributed by atoms with E-state index in [0.717, 1.165) is 83.8 Å². The summed E-state index contributed by atoms with van der Waals surface area (Å²) in [6, 6.07) is 68.0. The molecule has 9 aromatic carbocycles. The first-order valence-electron chi connectivity index (χ1n) is 28.3. The highest BCUT2D eigenvalue weighted by atomic mass is 19.1. The van der Waals surface area contributed by atoms with E-state index >= 15 is 0 Å². The van der Waals surface area contributed by atoms with Gasteiger partial charge in [0.1, 0.15) is 35.6 Å². The fourth-order valence-electron chi connectivity index (χ4n) is 11.8. The van der Waals surface area contributed by atoms with Crippen LogP contribution in [0.25, 0.3) is 72.1 Å². The number of halogens is 2. The van der Waals surface area contributed by atoms with Crippen molar-refractivity contribution in [3.63, 3.8) is 0 Å². The van der Waals surface area contributed by atoms with Crippen LogP contribution in [0.5, 0.6) is 11.5 Å². The molecule has 0 unspecified atom stereocenters. The third-order valence-electron chi connectivity index (χ3n) is 16.1. The molecular formula is C74H68F2N4O. The molecule has 81 heavy (non-hydrogen) atoms. The van der Waals surface area contributed by atoms with Gasteiger partial charge >= 0.3 is 0 Å². The number of pyridine rings is 1. The summed E-state index contributed by atoms with van der Waals surface area (Å²) < 4.78 is 39.2. The van der Waals surface area contributed by atoms with E-state index in [9.17, 15) is 8.78 Å². The predicted octanol–water partition coefficient (Wildman–Crippen LogP) is 21.0. The van der Waals surface area contributed by atoms with Crippen molar-refractivity contribution >= 4 is 44.6 Å². The fourth-order valence-corrected chi connectivity index (χ4v) is 11.8. The molecule has 0 spiro atoms. The molecule has 0 amide bonds. The van der Waals surface area contributed by atoms with Crippen LogP contribution in [0, 0.1) is 11.6 Å². The van der Waals surface area contributed by atoms with Crippen LogP contribution in [0.3, 0.4) is 0 Å². The average Bonchev–Trinajstić information content (AvgIpc) is 4.09. The van der Waals surface area contributed by atoms with Crippen molar-refractivity contribution in [3.8, 4) is 61.8 Å². The van der Waals surface area contributed by atoms with Crippen molar-refractivity contribution < 1.29 is 13.5 Å². The van der Waals surface area contributed by atoms with Gasteiger partial charge in [0.05, 0.1) is 28.1 Å². The van der Waals surface area contributed by atoms with Crippen LogP contribution in [0.15, 0.2) is 206 Å². The van der Waals surface area contributed by atoms with Crippen LogP contribution in [-0.2, 0) is 10.8 Å². The van der Waals surface area contributed by atoms with Crippen LogP contribution >= 0.6 is 0 Å². The van der Waals surface area contributed by atoms with E-state index in [1.807, 2.05) is 30.5 Å². The third kappa shape index (κ3) is 10.0. The standard InChI is InChI=1S/C74H68F2N4O/c1-46(2)62-38-51(48-18-12-11-13-19-48)39-63(47(3)4)71(62)52-36-57(43-59(37-52)81-58-32-33-61-60-20-14-15-21-66(60)80(69(61)44-58)70-42-53(34-35-77-70)73(5,6)7)78-45-79(68-23-17-16-22-67(68)78)72-64(49-24-28-55(75)29-25-49)40-54(74(8,9)10)41-65(72)50-26-30-56(76)31-27-50/h11-44,46-47H,45H2,1-10H3. The molecule has 12 rings (SSSR count). The number of nitrogens with zero attached hydrogens (tertiary/aromatic N) is 4. The molecular weight excluding hydrogens is 999 g/mol. The number of hydrogen-bond acceptors (Lipinski definition) is 4. The van der Waals surface area contributed by atoms with Gasteiger partial charge in [0.2, 0.25) is 0 Å². The van der Waals surface area contributed by atoms with Gasteiger partial charge in [-0.3, -0.25) is 4.57 Å². The highest BCUT2D eigenvalue weighted by Crippen LogP contribution is 2.53.